The second-order valence-corrected chi connectivity index (χ2v) is 9.26. The zero-order valence-corrected chi connectivity index (χ0v) is 16.2. The van der Waals surface area contributed by atoms with Gasteiger partial charge >= 0.3 is 0 Å². The molecule has 2 fully saturated rings. The Morgan fingerprint density at radius 3 is 2.29 bits per heavy atom. The van der Waals surface area contributed by atoms with Gasteiger partial charge in [-0.2, -0.15) is 17.0 Å². The summed E-state index contributed by atoms with van der Waals surface area (Å²) in [4.78, 5) is 0. The maximum atomic E-state index is 13.6. The second-order valence-electron chi connectivity index (χ2n) is 7.33. The van der Waals surface area contributed by atoms with Crippen LogP contribution in [-0.2, 0) is 10.2 Å². The van der Waals surface area contributed by atoms with Gasteiger partial charge in [0.2, 0.25) is 0 Å². The van der Waals surface area contributed by atoms with E-state index in [0.717, 1.165) is 30.5 Å². The molecule has 2 heterocycles. The van der Waals surface area contributed by atoms with E-state index in [1.54, 1.807) is 0 Å². The molecule has 4 rings (SSSR count). The normalized spacial score (nSPS) is 23.9. The van der Waals surface area contributed by atoms with Crippen molar-refractivity contribution in [1.29, 1.82) is 0 Å². The van der Waals surface area contributed by atoms with Crippen LogP contribution >= 0.6 is 0 Å². The Bertz CT molecular complexity index is 934. The number of anilines is 1. The molecular weight excluding hydrogens is 384 g/mol. The van der Waals surface area contributed by atoms with E-state index in [1.165, 1.54) is 14.7 Å². The zero-order chi connectivity index (χ0) is 19.7. The van der Waals surface area contributed by atoms with Crippen molar-refractivity contribution in [2.45, 2.75) is 24.8 Å². The molecule has 2 aliphatic rings. The highest BCUT2D eigenvalue weighted by Gasteiger charge is 2.42. The van der Waals surface area contributed by atoms with Crippen molar-refractivity contribution in [3.05, 3.63) is 65.7 Å². The van der Waals surface area contributed by atoms with E-state index in [9.17, 15) is 17.2 Å². The minimum absolute atomic E-state index is 0.0910. The van der Waals surface area contributed by atoms with Crippen molar-refractivity contribution < 1.29 is 17.2 Å². The van der Waals surface area contributed by atoms with E-state index >= 15 is 0 Å². The number of halogens is 2. The molecule has 28 heavy (non-hydrogen) atoms. The molecule has 2 aliphatic heterocycles. The number of hydrogen-bond donors (Lipinski definition) is 1. The molecule has 150 valence electrons. The molecule has 0 amide bonds. The van der Waals surface area contributed by atoms with E-state index in [2.05, 4.69) is 5.32 Å². The maximum absolute atomic E-state index is 13.6. The highest BCUT2D eigenvalue weighted by Crippen LogP contribution is 2.33. The lowest BCUT2D eigenvalue weighted by Crippen LogP contribution is -2.42. The van der Waals surface area contributed by atoms with Crippen LogP contribution in [0.15, 0.2) is 48.5 Å². The van der Waals surface area contributed by atoms with Crippen molar-refractivity contribution in [2.75, 3.05) is 31.5 Å². The van der Waals surface area contributed by atoms with Gasteiger partial charge in [0, 0.05) is 49.9 Å². The van der Waals surface area contributed by atoms with Crippen LogP contribution in [-0.4, -0.2) is 49.2 Å². The fraction of sp³-hybridized carbons (Fsp3) is 0.400. The van der Waals surface area contributed by atoms with Crippen molar-refractivity contribution >= 4 is 15.9 Å². The highest BCUT2D eigenvalue weighted by atomic mass is 32.2. The lowest BCUT2D eigenvalue weighted by Gasteiger charge is -2.23. The first-order valence-electron chi connectivity index (χ1n) is 9.47. The number of hydrogen-bond acceptors (Lipinski definition) is 3. The van der Waals surface area contributed by atoms with Crippen LogP contribution in [0.3, 0.4) is 0 Å². The molecule has 2 aromatic carbocycles. The molecule has 0 spiro atoms. The fourth-order valence-corrected chi connectivity index (χ4v) is 5.77. The summed E-state index contributed by atoms with van der Waals surface area (Å²) in [5, 5.41) is 3.22. The molecule has 0 unspecified atom stereocenters. The quantitative estimate of drug-likeness (QED) is 0.828. The van der Waals surface area contributed by atoms with Crippen LogP contribution in [0.25, 0.3) is 0 Å². The molecule has 0 aliphatic carbocycles. The molecule has 2 atom stereocenters. The van der Waals surface area contributed by atoms with Crippen LogP contribution in [0.1, 0.15) is 24.3 Å². The summed E-state index contributed by atoms with van der Waals surface area (Å²) in [6.07, 6.45) is 1.76. The number of nitrogens with zero attached hydrogens (tertiary/aromatic N) is 2. The van der Waals surface area contributed by atoms with Gasteiger partial charge in [0.15, 0.2) is 11.6 Å². The Kier molecular flexibility index (Phi) is 5.35. The first-order valence-corrected chi connectivity index (χ1v) is 10.9. The molecule has 0 bridgehead atoms. The minimum atomic E-state index is -3.53. The van der Waals surface area contributed by atoms with Gasteiger partial charge in [-0.1, -0.05) is 30.3 Å². The van der Waals surface area contributed by atoms with Gasteiger partial charge < -0.3 is 5.32 Å². The van der Waals surface area contributed by atoms with Crippen LogP contribution < -0.4 is 5.32 Å². The predicted octanol–water partition coefficient (Wildman–Crippen LogP) is 3.19. The zero-order valence-electron chi connectivity index (χ0n) is 15.4. The molecule has 0 aromatic heterocycles. The molecule has 0 saturated carbocycles. The lowest BCUT2D eigenvalue weighted by molar-refractivity contribution is 0.394. The Balaban J connectivity index is 1.61. The van der Waals surface area contributed by atoms with Gasteiger partial charge in [-0.05, 0) is 30.5 Å². The topological polar surface area (TPSA) is 52.7 Å². The van der Waals surface area contributed by atoms with Gasteiger partial charge in [-0.3, -0.25) is 0 Å². The molecule has 1 N–H and O–H groups in total. The van der Waals surface area contributed by atoms with E-state index in [1.807, 2.05) is 30.3 Å². The average Bonchev–Trinajstić information content (AvgIpc) is 3.36. The summed E-state index contributed by atoms with van der Waals surface area (Å²) in [6, 6.07) is 13.1. The summed E-state index contributed by atoms with van der Waals surface area (Å²) < 4.78 is 56.0. The van der Waals surface area contributed by atoms with Gasteiger partial charge in [0.05, 0.1) is 0 Å². The van der Waals surface area contributed by atoms with Gasteiger partial charge in [-0.15, -0.1) is 0 Å². The van der Waals surface area contributed by atoms with Gasteiger partial charge in [-0.25, -0.2) is 8.78 Å². The largest absolute Gasteiger partial charge is 0.380 e. The van der Waals surface area contributed by atoms with Gasteiger partial charge in [0.25, 0.3) is 10.2 Å². The molecular formula is C20H23F2N3O2S. The van der Waals surface area contributed by atoms with Crippen molar-refractivity contribution in [2.24, 2.45) is 0 Å². The predicted molar refractivity (Wildman–Crippen MR) is 104 cm³/mol. The molecule has 5 nitrogen and oxygen atoms in total. The Morgan fingerprint density at radius 1 is 0.893 bits per heavy atom. The van der Waals surface area contributed by atoms with Crippen molar-refractivity contribution in [3.8, 4) is 0 Å². The van der Waals surface area contributed by atoms with E-state index in [0.29, 0.717) is 25.3 Å². The van der Waals surface area contributed by atoms with Crippen LogP contribution in [0.5, 0.6) is 0 Å². The highest BCUT2D eigenvalue weighted by molar-refractivity contribution is 7.86. The Labute approximate surface area is 164 Å². The summed E-state index contributed by atoms with van der Waals surface area (Å²) in [5.41, 5.74) is 1.45. The monoisotopic (exact) mass is 407 g/mol. The fourth-order valence-electron chi connectivity index (χ4n) is 4.02. The third kappa shape index (κ3) is 3.76. The second kappa shape index (κ2) is 7.77. The first kappa shape index (κ1) is 19.3. The molecule has 2 saturated heterocycles. The number of benzene rings is 2. The Morgan fingerprint density at radius 2 is 1.61 bits per heavy atom. The molecule has 0 radical (unpaired) electrons. The smallest absolute Gasteiger partial charge is 0.282 e. The van der Waals surface area contributed by atoms with E-state index < -0.39 is 21.8 Å². The number of rotatable bonds is 5. The third-order valence-electron chi connectivity index (χ3n) is 5.50. The van der Waals surface area contributed by atoms with E-state index in [4.69, 9.17) is 0 Å². The van der Waals surface area contributed by atoms with Crippen LogP contribution in [0.2, 0.25) is 0 Å². The standard InChI is InChI=1S/C20H23F2N3O2S/c21-18-9-8-16(12-19(18)22)23-20-14-25(28(26,27)24-10-4-5-11-24)13-17(20)15-6-2-1-3-7-15/h1-3,6-9,12,17,20,23H,4-5,10-11,13-14H2/t17-,20-/m1/s1. The summed E-state index contributed by atoms with van der Waals surface area (Å²) in [7, 11) is -3.53. The average molecular weight is 407 g/mol. The van der Waals surface area contributed by atoms with E-state index in [-0.39, 0.29) is 18.5 Å². The summed E-state index contributed by atoms with van der Waals surface area (Å²) >= 11 is 0. The third-order valence-corrected chi connectivity index (χ3v) is 7.47. The van der Waals surface area contributed by atoms with Crippen LogP contribution in [0, 0.1) is 11.6 Å². The Hall–Kier alpha value is -2.03. The number of nitrogens with one attached hydrogen (secondary N) is 1. The molecule has 8 heteroatoms. The van der Waals surface area contributed by atoms with Crippen molar-refractivity contribution in [3.63, 3.8) is 0 Å². The summed E-state index contributed by atoms with van der Waals surface area (Å²) in [6.45, 7) is 1.73. The first-order chi connectivity index (χ1) is 13.4. The SMILES string of the molecule is O=S(=O)(N1CCCC1)N1C[C@H](c2ccccc2)[C@H](Nc2ccc(F)c(F)c2)C1. The lowest BCUT2D eigenvalue weighted by atomic mass is 9.94. The molecule has 2 aromatic rings. The van der Waals surface area contributed by atoms with Crippen molar-refractivity contribution in [1.82, 2.24) is 8.61 Å². The maximum Gasteiger partial charge on any atom is 0.282 e. The van der Waals surface area contributed by atoms with Crippen LogP contribution in [0.4, 0.5) is 14.5 Å². The van der Waals surface area contributed by atoms with Gasteiger partial charge in [0.1, 0.15) is 0 Å². The minimum Gasteiger partial charge on any atom is -0.380 e. The summed E-state index contributed by atoms with van der Waals surface area (Å²) in [5.74, 6) is -1.93.